The van der Waals surface area contributed by atoms with Gasteiger partial charge in [0.2, 0.25) is 29.4 Å². The summed E-state index contributed by atoms with van der Waals surface area (Å²) in [5, 5.41) is 8.63. The average molecular weight is 776 g/mol. The minimum absolute atomic E-state index is 0.00193. The molecule has 5 fully saturated rings. The number of ketones is 2. The Bertz CT molecular complexity index is 1820. The van der Waals surface area contributed by atoms with Crippen LogP contribution >= 0.6 is 0 Å². The first kappa shape index (κ1) is 39.8. The smallest absolute Gasteiger partial charge is 0.285 e. The number of benzene rings is 1. The van der Waals surface area contributed by atoms with Crippen LogP contribution in [0.3, 0.4) is 0 Å². The van der Waals surface area contributed by atoms with E-state index in [0.29, 0.717) is 38.2 Å². The third-order valence-electron chi connectivity index (χ3n) is 11.9. The van der Waals surface area contributed by atoms with Crippen molar-refractivity contribution in [3.8, 4) is 11.3 Å². The Morgan fingerprint density at radius 2 is 1.75 bits per heavy atom. The number of piperidine rings is 1. The van der Waals surface area contributed by atoms with Crippen molar-refractivity contribution in [2.45, 2.75) is 103 Å². The van der Waals surface area contributed by atoms with Crippen molar-refractivity contribution in [2.75, 3.05) is 26.3 Å². The van der Waals surface area contributed by atoms with Gasteiger partial charge in [0, 0.05) is 48.7 Å². The molecule has 3 N–H and O–H groups in total. The van der Waals surface area contributed by atoms with Gasteiger partial charge >= 0.3 is 0 Å². The van der Waals surface area contributed by atoms with Gasteiger partial charge in [0.1, 0.15) is 12.1 Å². The lowest BCUT2D eigenvalue weighted by atomic mass is 9.83. The van der Waals surface area contributed by atoms with Gasteiger partial charge in [0.25, 0.3) is 11.7 Å². The Kier molecular flexibility index (Phi) is 11.5. The first-order chi connectivity index (χ1) is 26.7. The van der Waals surface area contributed by atoms with Crippen LogP contribution in [0, 0.1) is 35.0 Å². The summed E-state index contributed by atoms with van der Waals surface area (Å²) < 4.78 is 23.5. The number of carbonyl (C=O) groups is 6. The highest BCUT2D eigenvalue weighted by molar-refractivity contribution is 6.44. The molecule has 5 unspecified atom stereocenters. The Labute approximate surface area is 326 Å². The number of oxazole rings is 1. The van der Waals surface area contributed by atoms with Crippen molar-refractivity contribution < 1.29 is 47.4 Å². The molecule has 2 bridgehead atoms. The number of amides is 4. The molecule has 2 aromatic rings. The molecule has 1 saturated carbocycles. The number of rotatable bonds is 13. The molecule has 4 aliphatic heterocycles. The number of likely N-dealkylation sites (tertiary alicyclic amines) is 1. The highest BCUT2D eigenvalue weighted by Crippen LogP contribution is 2.51. The first-order valence-corrected chi connectivity index (χ1v) is 19.9. The molecule has 0 spiro atoms. The predicted octanol–water partition coefficient (Wildman–Crippen LogP) is 2.67. The molecule has 302 valence electrons. The molecule has 0 radical (unpaired) electrons. The first-order valence-electron chi connectivity index (χ1n) is 19.9. The number of ether oxygens (including phenoxy) is 3. The number of nitrogens with zero attached hydrogens (tertiary/aromatic N) is 2. The summed E-state index contributed by atoms with van der Waals surface area (Å²) >= 11 is 0. The van der Waals surface area contributed by atoms with Crippen LogP contribution in [-0.2, 0) is 38.2 Å². The molecule has 4 saturated heterocycles. The van der Waals surface area contributed by atoms with E-state index in [1.54, 1.807) is 24.3 Å². The summed E-state index contributed by atoms with van der Waals surface area (Å²) in [5.74, 6) is -4.68. The van der Waals surface area contributed by atoms with Crippen LogP contribution in [0.1, 0.15) is 77.4 Å². The number of nitrogens with one attached hydrogen (secondary N) is 3. The van der Waals surface area contributed by atoms with Gasteiger partial charge in [0.15, 0.2) is 12.1 Å². The fourth-order valence-electron chi connectivity index (χ4n) is 9.18. The molecule has 1 aromatic heterocycles. The zero-order chi connectivity index (χ0) is 39.9. The van der Waals surface area contributed by atoms with Gasteiger partial charge in [-0.05, 0) is 50.9 Å². The van der Waals surface area contributed by atoms with Crippen molar-refractivity contribution in [1.82, 2.24) is 25.8 Å². The van der Waals surface area contributed by atoms with Gasteiger partial charge in [-0.3, -0.25) is 28.8 Å². The minimum atomic E-state index is -1.42. The van der Waals surface area contributed by atoms with Crippen LogP contribution in [0.2, 0.25) is 0 Å². The van der Waals surface area contributed by atoms with E-state index in [0.717, 1.165) is 6.42 Å². The zero-order valence-corrected chi connectivity index (χ0v) is 32.7. The lowest BCUT2D eigenvalue weighted by Crippen LogP contribution is -2.60. The Balaban J connectivity index is 1.12. The summed E-state index contributed by atoms with van der Waals surface area (Å²) in [4.78, 5) is 89.2. The fraction of sp³-hybridized carbons (Fsp3) is 0.634. The highest BCUT2D eigenvalue weighted by atomic mass is 16.7. The Morgan fingerprint density at radius 3 is 2.46 bits per heavy atom. The lowest BCUT2D eigenvalue weighted by Gasteiger charge is -2.37. The predicted molar refractivity (Wildman–Crippen MR) is 199 cm³/mol. The van der Waals surface area contributed by atoms with Crippen molar-refractivity contribution in [1.29, 1.82) is 0 Å². The maximum Gasteiger partial charge on any atom is 0.285 e. The van der Waals surface area contributed by atoms with Crippen molar-refractivity contribution in [2.24, 2.45) is 35.0 Å². The molecule has 15 nitrogen and oxygen atoms in total. The molecule has 56 heavy (non-hydrogen) atoms. The van der Waals surface area contributed by atoms with Gasteiger partial charge in [-0.25, -0.2) is 4.98 Å². The zero-order valence-electron chi connectivity index (χ0n) is 32.7. The molecule has 1 aromatic carbocycles. The molecular formula is C41H53N5O10. The summed E-state index contributed by atoms with van der Waals surface area (Å²) in [7, 11) is 0. The van der Waals surface area contributed by atoms with Crippen LogP contribution < -0.4 is 16.0 Å². The monoisotopic (exact) mass is 775 g/mol. The number of carbonyl (C=O) groups excluding carboxylic acids is 6. The summed E-state index contributed by atoms with van der Waals surface area (Å²) in [6, 6.07) is 5.44. The van der Waals surface area contributed by atoms with E-state index >= 15 is 0 Å². The van der Waals surface area contributed by atoms with Crippen molar-refractivity contribution >= 4 is 35.2 Å². The van der Waals surface area contributed by atoms with E-state index in [2.05, 4.69) is 20.9 Å². The summed E-state index contributed by atoms with van der Waals surface area (Å²) in [6.07, 6.45) is 2.27. The molecule has 5 aliphatic rings. The topological polar surface area (TPSA) is 195 Å². The standard InChI is InChI=1S/C41H53N5O10/c1-21(2)55-25-16-29(46(18-25)39(52)34(41(3,4)5)45-37(51)31-24-14-26-27(31)20-54-40(26)53-19-24)36(50)44-28(15-23-12-9-13-42-35(23)49)32(47)33(48)38-43-17-30(56-38)22-10-7-6-8-11-22/h6-8,10-11,17,21,23-29,31,34,40H,9,12-16,18-20H2,1-5H3,(H,42,49)(H,44,50)(H,45,51)/t23?,24?,25-,26?,27-,28?,29+,31?,34-,40-/m1/s1. The molecule has 7 rings (SSSR count). The lowest BCUT2D eigenvalue weighted by molar-refractivity contribution is -0.168. The second-order valence-corrected chi connectivity index (χ2v) is 17.3. The molecule has 4 amide bonds. The van der Waals surface area contributed by atoms with Crippen LogP contribution in [0.25, 0.3) is 11.3 Å². The third kappa shape index (κ3) is 8.16. The van der Waals surface area contributed by atoms with Gasteiger partial charge in [-0.15, -0.1) is 0 Å². The molecule has 10 atom stereocenters. The highest BCUT2D eigenvalue weighted by Gasteiger charge is 2.58. The van der Waals surface area contributed by atoms with Crippen LogP contribution in [0.5, 0.6) is 0 Å². The van der Waals surface area contributed by atoms with Crippen molar-refractivity contribution in [3.63, 3.8) is 0 Å². The fourth-order valence-corrected chi connectivity index (χ4v) is 9.18. The van der Waals surface area contributed by atoms with Gasteiger partial charge in [-0.2, -0.15) is 0 Å². The molecule has 1 aliphatic carbocycles. The second-order valence-electron chi connectivity index (χ2n) is 17.3. The second kappa shape index (κ2) is 16.2. The van der Waals surface area contributed by atoms with E-state index in [4.69, 9.17) is 18.6 Å². The van der Waals surface area contributed by atoms with E-state index < -0.39 is 64.8 Å². The Hall–Kier alpha value is -4.47. The molecule has 5 heterocycles. The molecular weight excluding hydrogens is 722 g/mol. The summed E-state index contributed by atoms with van der Waals surface area (Å²) in [6.45, 7) is 10.7. The number of fused-ring (bicyclic) bond motifs is 1. The van der Waals surface area contributed by atoms with Crippen molar-refractivity contribution in [3.05, 3.63) is 42.4 Å². The van der Waals surface area contributed by atoms with Crippen LogP contribution in [0.15, 0.2) is 40.9 Å². The van der Waals surface area contributed by atoms with E-state index in [-0.39, 0.29) is 73.0 Å². The van der Waals surface area contributed by atoms with Crippen LogP contribution in [0.4, 0.5) is 0 Å². The van der Waals surface area contributed by atoms with Gasteiger partial charge in [0.05, 0.1) is 37.7 Å². The van der Waals surface area contributed by atoms with Gasteiger partial charge < -0.3 is 39.5 Å². The minimum Gasteiger partial charge on any atom is -0.433 e. The third-order valence-corrected chi connectivity index (χ3v) is 11.9. The van der Waals surface area contributed by atoms with Gasteiger partial charge in [-0.1, -0.05) is 51.1 Å². The normalized spacial score (nSPS) is 29.5. The van der Waals surface area contributed by atoms with E-state index in [1.807, 2.05) is 40.7 Å². The molecule has 15 heteroatoms. The maximum atomic E-state index is 14.7. The SMILES string of the molecule is CC(C)O[C@@H]1C[C@@H](C(=O)NC(CC2CCCNC2=O)C(=O)C(=O)c2ncc(-c3ccccc3)o2)N(C(=O)[C@@H](NC(=O)C2C3CO[C@@H]4OC[C@@H]2C4C3)C(C)(C)C)C1. The van der Waals surface area contributed by atoms with E-state index in [1.165, 1.54) is 11.1 Å². The summed E-state index contributed by atoms with van der Waals surface area (Å²) in [5.41, 5.74) is -0.0947. The number of hydrogen-bond donors (Lipinski definition) is 3. The largest absolute Gasteiger partial charge is 0.433 e. The Morgan fingerprint density at radius 1 is 1.00 bits per heavy atom. The van der Waals surface area contributed by atoms with Crippen LogP contribution in [-0.4, -0.2) is 108 Å². The average Bonchev–Trinajstić information content (AvgIpc) is 3.96. The quantitative estimate of drug-likeness (QED) is 0.200. The number of Topliss-reactive ketones (excluding diaryl/α,β-unsaturated/α-hetero) is 2. The number of aromatic nitrogens is 1. The maximum absolute atomic E-state index is 14.7. The number of hydrogen-bond acceptors (Lipinski definition) is 11. The van der Waals surface area contributed by atoms with E-state index in [9.17, 15) is 28.8 Å².